The van der Waals surface area contributed by atoms with Gasteiger partial charge in [-0.05, 0) is 24.0 Å². The monoisotopic (exact) mass is 190 g/mol. The van der Waals surface area contributed by atoms with E-state index in [9.17, 15) is 4.79 Å². The molecule has 1 atom stereocenters. The second-order valence-corrected chi connectivity index (χ2v) is 3.91. The summed E-state index contributed by atoms with van der Waals surface area (Å²) in [6, 6.07) is 4.06. The van der Waals surface area contributed by atoms with Crippen LogP contribution in [0, 0.1) is 6.92 Å². The molecule has 1 unspecified atom stereocenters. The van der Waals surface area contributed by atoms with Crippen molar-refractivity contribution in [2.75, 3.05) is 7.11 Å². The third kappa shape index (κ3) is 1.14. The van der Waals surface area contributed by atoms with Crippen molar-refractivity contribution in [1.29, 1.82) is 0 Å². The topological polar surface area (TPSA) is 26.3 Å². The van der Waals surface area contributed by atoms with E-state index in [4.69, 9.17) is 4.74 Å². The first-order chi connectivity index (χ1) is 6.65. The van der Waals surface area contributed by atoms with Gasteiger partial charge in [0.25, 0.3) is 0 Å². The van der Waals surface area contributed by atoms with Gasteiger partial charge in [0.2, 0.25) is 0 Å². The van der Waals surface area contributed by atoms with Crippen LogP contribution in [0.4, 0.5) is 0 Å². The Hall–Kier alpha value is -1.31. The minimum Gasteiger partial charge on any atom is -0.496 e. The van der Waals surface area contributed by atoms with Gasteiger partial charge in [0, 0.05) is 6.42 Å². The number of methoxy groups -OCH3 is 1. The van der Waals surface area contributed by atoms with Crippen LogP contribution in [0.25, 0.3) is 0 Å². The van der Waals surface area contributed by atoms with E-state index in [-0.39, 0.29) is 5.78 Å². The number of ketones is 1. The van der Waals surface area contributed by atoms with Gasteiger partial charge in [-0.3, -0.25) is 4.79 Å². The van der Waals surface area contributed by atoms with Gasteiger partial charge in [0.05, 0.1) is 12.7 Å². The Kier molecular flexibility index (Phi) is 2.06. The molecular formula is C12H14O2. The maximum atomic E-state index is 11.7. The second-order valence-electron chi connectivity index (χ2n) is 3.91. The predicted octanol–water partition coefficient (Wildman–Crippen LogP) is 2.69. The van der Waals surface area contributed by atoms with Gasteiger partial charge in [0.15, 0.2) is 5.78 Å². The van der Waals surface area contributed by atoms with Gasteiger partial charge in [-0.2, -0.15) is 0 Å². The molecule has 0 aliphatic heterocycles. The number of fused-ring (bicyclic) bond motifs is 1. The quantitative estimate of drug-likeness (QED) is 0.680. The summed E-state index contributed by atoms with van der Waals surface area (Å²) in [5, 5.41) is 0. The molecule has 2 nitrogen and oxygen atoms in total. The Balaban J connectivity index is 2.68. The molecule has 1 aliphatic carbocycles. The second kappa shape index (κ2) is 3.12. The van der Waals surface area contributed by atoms with Crippen LogP contribution >= 0.6 is 0 Å². The first kappa shape index (κ1) is 9.25. The summed E-state index contributed by atoms with van der Waals surface area (Å²) in [4.78, 5) is 11.7. The molecule has 0 aromatic heterocycles. The summed E-state index contributed by atoms with van der Waals surface area (Å²) in [5.41, 5.74) is 2.98. The van der Waals surface area contributed by atoms with Gasteiger partial charge in [-0.25, -0.2) is 0 Å². The van der Waals surface area contributed by atoms with Gasteiger partial charge in [-0.15, -0.1) is 0 Å². The zero-order chi connectivity index (χ0) is 10.3. The van der Waals surface area contributed by atoms with Crippen molar-refractivity contribution in [2.45, 2.75) is 26.2 Å². The third-order valence-corrected chi connectivity index (χ3v) is 2.89. The van der Waals surface area contributed by atoms with Crippen LogP contribution in [0.5, 0.6) is 5.75 Å². The van der Waals surface area contributed by atoms with E-state index in [0.29, 0.717) is 12.3 Å². The van der Waals surface area contributed by atoms with Crippen LogP contribution in [0.1, 0.15) is 40.7 Å². The molecule has 2 rings (SSSR count). The molecule has 0 N–H and O–H groups in total. The molecule has 0 saturated heterocycles. The molecule has 0 bridgehead atoms. The zero-order valence-corrected chi connectivity index (χ0v) is 8.76. The third-order valence-electron chi connectivity index (χ3n) is 2.89. The molecule has 2 heteroatoms. The molecule has 1 aromatic carbocycles. The molecule has 74 valence electrons. The molecule has 1 aliphatic rings. The fourth-order valence-corrected chi connectivity index (χ4v) is 2.15. The fourth-order valence-electron chi connectivity index (χ4n) is 2.15. The van der Waals surface area contributed by atoms with Crippen molar-refractivity contribution < 1.29 is 9.53 Å². The molecule has 0 saturated carbocycles. The molecule has 0 fully saturated rings. The molecule has 1 aromatic rings. The lowest BCUT2D eigenvalue weighted by atomic mass is 10.0. The van der Waals surface area contributed by atoms with E-state index >= 15 is 0 Å². The van der Waals surface area contributed by atoms with Crippen molar-refractivity contribution in [2.24, 2.45) is 0 Å². The van der Waals surface area contributed by atoms with Crippen LogP contribution in [0.3, 0.4) is 0 Å². The lowest BCUT2D eigenvalue weighted by molar-refractivity contribution is 0.0987. The number of hydrogen-bond donors (Lipinski definition) is 0. The highest BCUT2D eigenvalue weighted by molar-refractivity contribution is 6.04. The average molecular weight is 190 g/mol. The van der Waals surface area contributed by atoms with Crippen LogP contribution in [0.15, 0.2) is 12.1 Å². The summed E-state index contributed by atoms with van der Waals surface area (Å²) in [6.07, 6.45) is 0.620. The van der Waals surface area contributed by atoms with E-state index in [0.717, 1.165) is 22.4 Å². The van der Waals surface area contributed by atoms with Gasteiger partial charge >= 0.3 is 0 Å². The first-order valence-corrected chi connectivity index (χ1v) is 4.86. The number of carbonyl (C=O) groups excluding carboxylic acids is 1. The number of carbonyl (C=O) groups is 1. The average Bonchev–Trinajstić information content (AvgIpc) is 2.43. The number of ether oxygens (including phenoxy) is 1. The summed E-state index contributed by atoms with van der Waals surface area (Å²) < 4.78 is 5.29. The van der Waals surface area contributed by atoms with E-state index in [1.54, 1.807) is 7.11 Å². The molecule has 0 amide bonds. The Bertz CT molecular complexity index is 394. The minimum atomic E-state index is 0.216. The van der Waals surface area contributed by atoms with E-state index < -0.39 is 0 Å². The van der Waals surface area contributed by atoms with Crippen molar-refractivity contribution in [3.05, 3.63) is 28.8 Å². The van der Waals surface area contributed by atoms with Crippen LogP contribution in [0.2, 0.25) is 0 Å². The minimum absolute atomic E-state index is 0.216. The highest BCUT2D eigenvalue weighted by Crippen LogP contribution is 2.39. The van der Waals surface area contributed by atoms with Gasteiger partial charge < -0.3 is 4.74 Å². The van der Waals surface area contributed by atoms with E-state index in [1.165, 1.54) is 0 Å². The molecule has 14 heavy (non-hydrogen) atoms. The predicted molar refractivity (Wildman–Crippen MR) is 55.1 cm³/mol. The molecular weight excluding hydrogens is 176 g/mol. The van der Waals surface area contributed by atoms with Gasteiger partial charge in [-0.1, -0.05) is 19.1 Å². The summed E-state index contributed by atoms with van der Waals surface area (Å²) in [5.74, 6) is 1.32. The highest BCUT2D eigenvalue weighted by atomic mass is 16.5. The van der Waals surface area contributed by atoms with Crippen molar-refractivity contribution >= 4 is 5.78 Å². The standard InChI is InChI=1S/C12H14O2/c1-7-4-5-9-8(2)6-10(13)11(9)12(7)14-3/h4-5,8H,6H2,1-3H3. The van der Waals surface area contributed by atoms with E-state index in [1.807, 2.05) is 19.1 Å². The Morgan fingerprint density at radius 2 is 2.14 bits per heavy atom. The van der Waals surface area contributed by atoms with Crippen molar-refractivity contribution in [3.63, 3.8) is 0 Å². The lowest BCUT2D eigenvalue weighted by Crippen LogP contribution is -1.98. The van der Waals surface area contributed by atoms with Gasteiger partial charge in [0.1, 0.15) is 5.75 Å². The Labute approximate surface area is 83.9 Å². The molecule has 0 spiro atoms. The number of benzene rings is 1. The number of rotatable bonds is 1. The number of hydrogen-bond acceptors (Lipinski definition) is 2. The van der Waals surface area contributed by atoms with E-state index in [2.05, 4.69) is 6.92 Å². The highest BCUT2D eigenvalue weighted by Gasteiger charge is 2.29. The Morgan fingerprint density at radius 1 is 1.43 bits per heavy atom. The summed E-state index contributed by atoms with van der Waals surface area (Å²) in [6.45, 7) is 4.05. The number of Topliss-reactive ketones (excluding diaryl/α,β-unsaturated/α-hetero) is 1. The fraction of sp³-hybridized carbons (Fsp3) is 0.417. The molecule has 0 radical (unpaired) electrons. The van der Waals surface area contributed by atoms with Crippen molar-refractivity contribution in [3.8, 4) is 5.75 Å². The summed E-state index contributed by atoms with van der Waals surface area (Å²) >= 11 is 0. The molecule has 0 heterocycles. The number of aryl methyl sites for hydroxylation is 1. The van der Waals surface area contributed by atoms with Crippen LogP contribution in [-0.2, 0) is 0 Å². The maximum Gasteiger partial charge on any atom is 0.167 e. The van der Waals surface area contributed by atoms with Crippen LogP contribution < -0.4 is 4.74 Å². The maximum absolute atomic E-state index is 11.7. The first-order valence-electron chi connectivity index (χ1n) is 4.86. The van der Waals surface area contributed by atoms with Crippen LogP contribution in [-0.4, -0.2) is 12.9 Å². The summed E-state index contributed by atoms with van der Waals surface area (Å²) in [7, 11) is 1.62. The van der Waals surface area contributed by atoms with Crippen molar-refractivity contribution in [1.82, 2.24) is 0 Å². The normalized spacial score (nSPS) is 19.6. The Morgan fingerprint density at radius 3 is 2.79 bits per heavy atom. The smallest absolute Gasteiger partial charge is 0.167 e. The largest absolute Gasteiger partial charge is 0.496 e. The lowest BCUT2D eigenvalue weighted by Gasteiger charge is -2.10. The zero-order valence-electron chi connectivity index (χ0n) is 8.76. The SMILES string of the molecule is COc1c(C)ccc2c1C(=O)CC2C.